The molecule has 112 valence electrons. The van der Waals surface area contributed by atoms with Crippen LogP contribution in [0.15, 0.2) is 59.6 Å². The summed E-state index contributed by atoms with van der Waals surface area (Å²) in [6.45, 7) is 0. The molecular formula is C15H10N6O2. The van der Waals surface area contributed by atoms with Crippen LogP contribution in [0.3, 0.4) is 0 Å². The van der Waals surface area contributed by atoms with E-state index in [9.17, 15) is 4.79 Å². The van der Waals surface area contributed by atoms with Crippen molar-refractivity contribution < 1.29 is 9.32 Å². The first kappa shape index (κ1) is 13.1. The van der Waals surface area contributed by atoms with Crippen molar-refractivity contribution in [1.29, 1.82) is 0 Å². The van der Waals surface area contributed by atoms with Gasteiger partial charge in [0.25, 0.3) is 11.9 Å². The van der Waals surface area contributed by atoms with E-state index in [-0.39, 0.29) is 11.6 Å². The van der Waals surface area contributed by atoms with Crippen LogP contribution < -0.4 is 5.32 Å². The number of anilines is 1. The third kappa shape index (κ3) is 2.31. The van der Waals surface area contributed by atoms with Crippen LogP contribution in [0.4, 0.5) is 5.82 Å². The van der Waals surface area contributed by atoms with Crippen molar-refractivity contribution in [3.8, 4) is 5.95 Å². The Labute approximate surface area is 129 Å². The number of benzene rings is 1. The third-order valence-corrected chi connectivity index (χ3v) is 3.22. The molecule has 23 heavy (non-hydrogen) atoms. The second kappa shape index (κ2) is 5.34. The molecule has 0 unspecified atom stereocenters. The third-order valence-electron chi connectivity index (χ3n) is 3.22. The van der Waals surface area contributed by atoms with Gasteiger partial charge in [0.05, 0.1) is 5.52 Å². The van der Waals surface area contributed by atoms with Crippen LogP contribution >= 0.6 is 0 Å². The molecule has 1 amide bonds. The monoisotopic (exact) mass is 306 g/mol. The Morgan fingerprint density at radius 3 is 2.70 bits per heavy atom. The smallest absolute Gasteiger partial charge is 0.278 e. The van der Waals surface area contributed by atoms with Crippen molar-refractivity contribution in [2.75, 3.05) is 5.32 Å². The van der Waals surface area contributed by atoms with Crippen LogP contribution in [-0.2, 0) is 0 Å². The van der Waals surface area contributed by atoms with Crippen molar-refractivity contribution in [2.45, 2.75) is 0 Å². The summed E-state index contributed by atoms with van der Waals surface area (Å²) in [4.78, 5) is 20.8. The predicted octanol–water partition coefficient (Wildman–Crippen LogP) is 2.06. The zero-order valence-electron chi connectivity index (χ0n) is 11.7. The van der Waals surface area contributed by atoms with E-state index in [0.29, 0.717) is 17.2 Å². The average Bonchev–Trinajstić information content (AvgIpc) is 3.23. The highest BCUT2D eigenvalue weighted by atomic mass is 16.5. The van der Waals surface area contributed by atoms with Gasteiger partial charge in [-0.05, 0) is 12.1 Å². The Morgan fingerprint density at radius 1 is 1.09 bits per heavy atom. The molecule has 0 aliphatic carbocycles. The predicted molar refractivity (Wildman–Crippen MR) is 81.1 cm³/mol. The van der Waals surface area contributed by atoms with E-state index in [4.69, 9.17) is 4.52 Å². The number of nitrogens with zero attached hydrogens (tertiary/aromatic N) is 5. The van der Waals surface area contributed by atoms with E-state index < -0.39 is 0 Å². The SMILES string of the molecule is O=C(Nc1ccon1)c1nn(-c2ncccn2)c2ccccc12. The van der Waals surface area contributed by atoms with Gasteiger partial charge in [-0.15, -0.1) is 0 Å². The van der Waals surface area contributed by atoms with E-state index in [1.165, 1.54) is 10.9 Å². The van der Waals surface area contributed by atoms with Crippen LogP contribution in [-0.4, -0.2) is 30.8 Å². The molecule has 0 saturated heterocycles. The fourth-order valence-corrected chi connectivity index (χ4v) is 2.24. The lowest BCUT2D eigenvalue weighted by atomic mass is 10.2. The van der Waals surface area contributed by atoms with Crippen LogP contribution in [0.25, 0.3) is 16.9 Å². The maximum Gasteiger partial charge on any atom is 0.278 e. The Morgan fingerprint density at radius 2 is 1.91 bits per heavy atom. The van der Waals surface area contributed by atoms with Gasteiger partial charge in [0.2, 0.25) is 0 Å². The quantitative estimate of drug-likeness (QED) is 0.622. The molecule has 1 N–H and O–H groups in total. The number of rotatable bonds is 3. The van der Waals surface area contributed by atoms with Gasteiger partial charge in [-0.3, -0.25) is 4.79 Å². The topological polar surface area (TPSA) is 98.7 Å². The summed E-state index contributed by atoms with van der Waals surface area (Å²) in [5.74, 6) is 0.332. The molecule has 3 aromatic heterocycles. The number of carbonyl (C=O) groups is 1. The Bertz CT molecular complexity index is 962. The van der Waals surface area contributed by atoms with Gasteiger partial charge in [-0.2, -0.15) is 9.78 Å². The van der Waals surface area contributed by atoms with Gasteiger partial charge in [0, 0.05) is 23.8 Å². The maximum absolute atomic E-state index is 12.5. The molecule has 0 bridgehead atoms. The van der Waals surface area contributed by atoms with Gasteiger partial charge in [-0.25, -0.2) is 9.97 Å². The first-order valence-corrected chi connectivity index (χ1v) is 6.80. The highest BCUT2D eigenvalue weighted by molar-refractivity contribution is 6.11. The molecule has 4 aromatic rings. The van der Waals surface area contributed by atoms with Gasteiger partial charge >= 0.3 is 0 Å². The van der Waals surface area contributed by atoms with Gasteiger partial charge in [0.15, 0.2) is 11.5 Å². The van der Waals surface area contributed by atoms with Crippen LogP contribution in [0.1, 0.15) is 10.5 Å². The molecule has 0 saturated carbocycles. The minimum atomic E-state index is -0.384. The van der Waals surface area contributed by atoms with Gasteiger partial charge in [0.1, 0.15) is 6.26 Å². The molecule has 3 heterocycles. The first-order chi connectivity index (χ1) is 11.3. The van der Waals surface area contributed by atoms with E-state index in [1.807, 2.05) is 24.3 Å². The molecule has 4 rings (SSSR count). The second-order valence-corrected chi connectivity index (χ2v) is 4.67. The molecular weight excluding hydrogens is 296 g/mol. The van der Waals surface area contributed by atoms with Crippen LogP contribution in [0.5, 0.6) is 0 Å². The molecule has 0 radical (unpaired) electrons. The van der Waals surface area contributed by atoms with Gasteiger partial charge in [-0.1, -0.05) is 23.4 Å². The lowest BCUT2D eigenvalue weighted by Gasteiger charge is -1.99. The molecule has 8 heteroatoms. The van der Waals surface area contributed by atoms with Gasteiger partial charge < -0.3 is 9.84 Å². The van der Waals surface area contributed by atoms with Crippen LogP contribution in [0, 0.1) is 0 Å². The number of aromatic nitrogens is 5. The number of carbonyl (C=O) groups excluding carboxylic acids is 1. The lowest BCUT2D eigenvalue weighted by molar-refractivity contribution is 0.102. The normalized spacial score (nSPS) is 10.8. The molecule has 0 aliphatic heterocycles. The van der Waals surface area contributed by atoms with Crippen molar-refractivity contribution in [2.24, 2.45) is 0 Å². The lowest BCUT2D eigenvalue weighted by Crippen LogP contribution is -2.14. The number of hydrogen-bond donors (Lipinski definition) is 1. The summed E-state index contributed by atoms with van der Waals surface area (Å²) in [7, 11) is 0. The standard InChI is InChI=1S/C15H10N6O2/c22-14(18-12-6-9-23-20-12)13-10-4-1-2-5-11(10)21(19-13)15-16-7-3-8-17-15/h1-9H,(H,18,20,22). The molecule has 0 aliphatic rings. The highest BCUT2D eigenvalue weighted by Crippen LogP contribution is 2.21. The molecule has 1 aromatic carbocycles. The summed E-state index contributed by atoms with van der Waals surface area (Å²) in [6.07, 6.45) is 4.62. The van der Waals surface area contributed by atoms with E-state index in [2.05, 4.69) is 25.5 Å². The maximum atomic E-state index is 12.5. The number of fused-ring (bicyclic) bond motifs is 1. The minimum absolute atomic E-state index is 0.260. The molecule has 8 nitrogen and oxygen atoms in total. The highest BCUT2D eigenvalue weighted by Gasteiger charge is 2.19. The summed E-state index contributed by atoms with van der Waals surface area (Å²) in [5.41, 5.74) is 1.00. The van der Waals surface area contributed by atoms with E-state index >= 15 is 0 Å². The molecule has 0 atom stereocenters. The second-order valence-electron chi connectivity index (χ2n) is 4.67. The first-order valence-electron chi connectivity index (χ1n) is 6.80. The Balaban J connectivity index is 1.83. The number of nitrogens with one attached hydrogen (secondary N) is 1. The minimum Gasteiger partial charge on any atom is -0.363 e. The average molecular weight is 306 g/mol. The number of para-hydroxylation sites is 1. The fraction of sp³-hybridized carbons (Fsp3) is 0. The van der Waals surface area contributed by atoms with Crippen molar-refractivity contribution in [1.82, 2.24) is 24.9 Å². The van der Waals surface area contributed by atoms with Crippen molar-refractivity contribution in [3.05, 3.63) is 60.7 Å². The van der Waals surface area contributed by atoms with E-state index in [0.717, 1.165) is 5.52 Å². The Kier molecular flexibility index (Phi) is 3.05. The Hall–Kier alpha value is -3.55. The summed E-state index contributed by atoms with van der Waals surface area (Å²) in [6, 6.07) is 10.6. The van der Waals surface area contributed by atoms with Crippen molar-refractivity contribution >= 4 is 22.6 Å². The zero-order valence-corrected chi connectivity index (χ0v) is 11.7. The largest absolute Gasteiger partial charge is 0.363 e. The summed E-state index contributed by atoms with van der Waals surface area (Å²) < 4.78 is 6.24. The van der Waals surface area contributed by atoms with Crippen LogP contribution in [0.2, 0.25) is 0 Å². The molecule has 0 fully saturated rings. The van der Waals surface area contributed by atoms with Crippen molar-refractivity contribution in [3.63, 3.8) is 0 Å². The summed E-state index contributed by atoms with van der Waals surface area (Å²) in [5, 5.41) is 11.4. The number of amides is 1. The molecule has 0 spiro atoms. The van der Waals surface area contributed by atoms with E-state index in [1.54, 1.807) is 24.5 Å². The number of hydrogen-bond acceptors (Lipinski definition) is 6. The summed E-state index contributed by atoms with van der Waals surface area (Å²) >= 11 is 0. The zero-order chi connectivity index (χ0) is 15.6. The fourth-order valence-electron chi connectivity index (χ4n) is 2.24.